The maximum atomic E-state index is 10.8. The second kappa shape index (κ2) is 3.64. The van der Waals surface area contributed by atoms with Crippen molar-refractivity contribution in [2.24, 2.45) is 11.1 Å². The zero-order valence-electron chi connectivity index (χ0n) is 9.88. The Hall–Kier alpha value is 0.270. The van der Waals surface area contributed by atoms with Crippen LogP contribution in [0.25, 0.3) is 0 Å². The van der Waals surface area contributed by atoms with Crippen LogP contribution in [0.3, 0.4) is 0 Å². The minimum Gasteiger partial charge on any atom is -0.388 e. The molecule has 2 fully saturated rings. The van der Waals surface area contributed by atoms with Crippen molar-refractivity contribution in [2.45, 2.75) is 57.1 Å². The normalized spacial score (nSPS) is 45.6. The Bertz CT molecular complexity index is 248. The molecular formula is C12H23NOS. The van der Waals surface area contributed by atoms with E-state index in [1.54, 1.807) is 0 Å². The minimum absolute atomic E-state index is 0.267. The van der Waals surface area contributed by atoms with Gasteiger partial charge in [-0.2, -0.15) is 11.8 Å². The van der Waals surface area contributed by atoms with Gasteiger partial charge in [0.1, 0.15) is 0 Å². The van der Waals surface area contributed by atoms with Gasteiger partial charge in [0.2, 0.25) is 0 Å². The van der Waals surface area contributed by atoms with E-state index in [9.17, 15) is 5.11 Å². The number of aliphatic hydroxyl groups is 1. The molecule has 0 amide bonds. The molecule has 1 aliphatic carbocycles. The Balaban J connectivity index is 2.15. The Kier molecular flexibility index (Phi) is 2.85. The van der Waals surface area contributed by atoms with Crippen LogP contribution < -0.4 is 5.73 Å². The van der Waals surface area contributed by atoms with Gasteiger partial charge in [0, 0.05) is 5.75 Å². The van der Waals surface area contributed by atoms with Gasteiger partial charge >= 0.3 is 0 Å². The molecule has 3 heteroatoms. The fourth-order valence-corrected chi connectivity index (χ4v) is 4.39. The lowest BCUT2D eigenvalue weighted by molar-refractivity contribution is -0.0328. The molecule has 1 heterocycles. The third-order valence-electron chi connectivity index (χ3n) is 4.18. The van der Waals surface area contributed by atoms with Gasteiger partial charge < -0.3 is 10.8 Å². The second-order valence-corrected chi connectivity index (χ2v) is 7.29. The molecule has 0 aromatic heterocycles. The quantitative estimate of drug-likeness (QED) is 0.724. The largest absolute Gasteiger partial charge is 0.388 e. The van der Waals surface area contributed by atoms with Crippen LogP contribution in [0, 0.1) is 5.41 Å². The molecule has 0 aromatic carbocycles. The zero-order chi connectivity index (χ0) is 11.2. The molecule has 3 N–H and O–H groups in total. The third kappa shape index (κ3) is 2.06. The van der Waals surface area contributed by atoms with E-state index < -0.39 is 5.60 Å². The van der Waals surface area contributed by atoms with Crippen molar-refractivity contribution < 1.29 is 5.11 Å². The average Bonchev–Trinajstić information content (AvgIpc) is 2.44. The average molecular weight is 229 g/mol. The number of rotatable bonds is 1. The molecule has 0 bridgehead atoms. The molecular weight excluding hydrogens is 206 g/mol. The summed E-state index contributed by atoms with van der Waals surface area (Å²) in [6.45, 7) is 4.48. The van der Waals surface area contributed by atoms with Crippen LogP contribution >= 0.6 is 11.8 Å². The van der Waals surface area contributed by atoms with E-state index in [1.807, 2.05) is 11.8 Å². The maximum absolute atomic E-state index is 10.8. The first-order valence-corrected chi connectivity index (χ1v) is 7.12. The van der Waals surface area contributed by atoms with Gasteiger partial charge in [0.15, 0.2) is 0 Å². The summed E-state index contributed by atoms with van der Waals surface area (Å²) in [6.07, 6.45) is 5.01. The predicted molar refractivity (Wildman–Crippen MR) is 66.1 cm³/mol. The molecule has 2 rings (SSSR count). The summed E-state index contributed by atoms with van der Waals surface area (Å²) in [5, 5.41) is 10.8. The summed E-state index contributed by atoms with van der Waals surface area (Å²) in [7, 11) is 0. The van der Waals surface area contributed by atoms with Crippen molar-refractivity contribution in [3.05, 3.63) is 0 Å². The van der Waals surface area contributed by atoms with Crippen molar-refractivity contribution in [3.63, 3.8) is 0 Å². The summed E-state index contributed by atoms with van der Waals surface area (Å²) < 4.78 is 0. The fourth-order valence-electron chi connectivity index (χ4n) is 3.12. The fraction of sp³-hybridized carbons (Fsp3) is 1.00. The zero-order valence-corrected chi connectivity index (χ0v) is 10.7. The van der Waals surface area contributed by atoms with E-state index in [-0.39, 0.29) is 11.0 Å². The molecule has 88 valence electrons. The molecule has 2 unspecified atom stereocenters. The van der Waals surface area contributed by atoms with Crippen LogP contribution in [0.5, 0.6) is 0 Å². The molecule has 2 atom stereocenters. The van der Waals surface area contributed by atoms with Crippen LogP contribution in [0.2, 0.25) is 0 Å². The van der Waals surface area contributed by atoms with E-state index in [0.717, 1.165) is 37.9 Å². The summed E-state index contributed by atoms with van der Waals surface area (Å²) in [6, 6.07) is 0. The Morgan fingerprint density at radius 3 is 2.40 bits per heavy atom. The smallest absolute Gasteiger partial charge is 0.0839 e. The van der Waals surface area contributed by atoms with Gasteiger partial charge in [0.05, 0.1) is 11.1 Å². The Labute approximate surface area is 97.0 Å². The first-order chi connectivity index (χ1) is 6.87. The van der Waals surface area contributed by atoms with Crippen LogP contribution in [-0.2, 0) is 0 Å². The molecule has 2 aliphatic rings. The van der Waals surface area contributed by atoms with E-state index in [1.165, 1.54) is 5.75 Å². The monoisotopic (exact) mass is 229 g/mol. The highest BCUT2D eigenvalue weighted by Gasteiger charge is 2.54. The summed E-state index contributed by atoms with van der Waals surface area (Å²) >= 11 is 1.90. The lowest BCUT2D eigenvalue weighted by Crippen LogP contribution is -2.62. The molecule has 0 aromatic rings. The number of nitrogens with two attached hydrogens (primary N) is 1. The molecule has 2 nitrogen and oxygen atoms in total. The van der Waals surface area contributed by atoms with Crippen LogP contribution in [0.1, 0.15) is 46.0 Å². The lowest BCUT2D eigenvalue weighted by atomic mass is 9.75. The first-order valence-electron chi connectivity index (χ1n) is 5.96. The van der Waals surface area contributed by atoms with Crippen molar-refractivity contribution in [3.8, 4) is 0 Å². The molecule has 15 heavy (non-hydrogen) atoms. The third-order valence-corrected chi connectivity index (χ3v) is 5.48. The predicted octanol–water partition coefficient (Wildman–Crippen LogP) is 2.15. The highest BCUT2D eigenvalue weighted by atomic mass is 32.2. The van der Waals surface area contributed by atoms with Crippen molar-refractivity contribution >= 4 is 11.8 Å². The second-order valence-electron chi connectivity index (χ2n) is 6.18. The summed E-state index contributed by atoms with van der Waals surface area (Å²) in [4.78, 5) is 0. The maximum Gasteiger partial charge on any atom is 0.0839 e. The summed E-state index contributed by atoms with van der Waals surface area (Å²) in [5.41, 5.74) is 5.78. The minimum atomic E-state index is -0.607. The Morgan fingerprint density at radius 2 is 1.93 bits per heavy atom. The van der Waals surface area contributed by atoms with Gasteiger partial charge in [-0.15, -0.1) is 0 Å². The lowest BCUT2D eigenvalue weighted by Gasteiger charge is -2.45. The van der Waals surface area contributed by atoms with E-state index >= 15 is 0 Å². The van der Waals surface area contributed by atoms with Crippen LogP contribution in [-0.4, -0.2) is 27.8 Å². The Morgan fingerprint density at radius 1 is 1.20 bits per heavy atom. The molecule has 1 saturated carbocycles. The molecule has 1 saturated heterocycles. The number of thioether (sulfide) groups is 1. The standard InChI is InChI=1S/C12H23NOS/c1-10(2)5-6-12(14,8-10)11(13)4-3-7-15-9-11/h14H,3-9,13H2,1-2H3. The van der Waals surface area contributed by atoms with Crippen LogP contribution in [0.15, 0.2) is 0 Å². The van der Waals surface area contributed by atoms with Gasteiger partial charge in [-0.05, 0) is 43.3 Å². The molecule has 1 aliphatic heterocycles. The van der Waals surface area contributed by atoms with E-state index in [2.05, 4.69) is 13.8 Å². The van der Waals surface area contributed by atoms with Crippen molar-refractivity contribution in [2.75, 3.05) is 11.5 Å². The van der Waals surface area contributed by atoms with E-state index in [0.29, 0.717) is 0 Å². The van der Waals surface area contributed by atoms with Crippen molar-refractivity contribution in [1.29, 1.82) is 0 Å². The SMILES string of the molecule is CC1(C)CCC(O)(C2(N)CCCSC2)C1. The number of hydrogen-bond donors (Lipinski definition) is 2. The molecule has 0 radical (unpaired) electrons. The van der Waals surface area contributed by atoms with Crippen LogP contribution in [0.4, 0.5) is 0 Å². The van der Waals surface area contributed by atoms with E-state index in [4.69, 9.17) is 5.73 Å². The van der Waals surface area contributed by atoms with Gasteiger partial charge in [0.25, 0.3) is 0 Å². The van der Waals surface area contributed by atoms with Gasteiger partial charge in [-0.25, -0.2) is 0 Å². The highest BCUT2D eigenvalue weighted by molar-refractivity contribution is 7.99. The van der Waals surface area contributed by atoms with Gasteiger partial charge in [-0.1, -0.05) is 13.8 Å². The summed E-state index contributed by atoms with van der Waals surface area (Å²) in [5.74, 6) is 2.14. The van der Waals surface area contributed by atoms with Crippen molar-refractivity contribution in [1.82, 2.24) is 0 Å². The number of hydrogen-bond acceptors (Lipinski definition) is 3. The van der Waals surface area contributed by atoms with Gasteiger partial charge in [-0.3, -0.25) is 0 Å². The highest BCUT2D eigenvalue weighted by Crippen LogP contribution is 2.50. The molecule has 0 spiro atoms. The first kappa shape index (κ1) is 11.7. The topological polar surface area (TPSA) is 46.2 Å².